The summed E-state index contributed by atoms with van der Waals surface area (Å²) in [5.74, 6) is 0. The number of piperidine rings is 1. The largest absolute Gasteiger partial charge is 0.339 e. The molecule has 2 aromatic carbocycles. The van der Waals surface area contributed by atoms with Crippen molar-refractivity contribution in [2.24, 2.45) is 0 Å². The number of anilines is 2. The molecule has 0 saturated carbocycles. The summed E-state index contributed by atoms with van der Waals surface area (Å²) in [6.45, 7) is 4.66. The number of unbranched alkanes of at least 4 members (excludes halogenated alkanes) is 1. The molecule has 2 nitrogen and oxygen atoms in total. The summed E-state index contributed by atoms with van der Waals surface area (Å²) in [6.07, 6.45) is 11.2. The Morgan fingerprint density at radius 2 is 1.97 bits per heavy atom. The molecule has 2 heterocycles. The van der Waals surface area contributed by atoms with Gasteiger partial charge in [0.15, 0.2) is 0 Å². The van der Waals surface area contributed by atoms with E-state index in [1.165, 1.54) is 77.6 Å². The maximum Gasteiger partial charge on any atom is 0.0596 e. The second kappa shape index (κ2) is 9.80. The van der Waals surface area contributed by atoms with Crippen LogP contribution in [-0.2, 0) is 6.42 Å². The van der Waals surface area contributed by atoms with E-state index < -0.39 is 0 Å². The second-order valence-corrected chi connectivity index (χ2v) is 10.3. The predicted molar refractivity (Wildman–Crippen MR) is 129 cm³/mol. The molecule has 1 saturated heterocycles. The van der Waals surface area contributed by atoms with Crippen LogP contribution in [0, 0.1) is 0 Å². The van der Waals surface area contributed by atoms with Gasteiger partial charge in [0.1, 0.15) is 0 Å². The van der Waals surface area contributed by atoms with Crippen molar-refractivity contribution >= 4 is 34.9 Å². The number of benzene rings is 2. The molecule has 0 radical (unpaired) electrons. The fourth-order valence-electron chi connectivity index (χ4n) is 4.79. The first kappa shape index (κ1) is 21.1. The van der Waals surface area contributed by atoms with E-state index in [9.17, 15) is 0 Å². The quantitative estimate of drug-likeness (QED) is 0.431. The number of hydrogen-bond acceptors (Lipinski definition) is 4. The minimum absolute atomic E-state index is 0.719. The van der Waals surface area contributed by atoms with Crippen LogP contribution in [0.5, 0.6) is 0 Å². The average molecular weight is 427 g/mol. The Kier molecular flexibility index (Phi) is 7.15. The van der Waals surface area contributed by atoms with Crippen LogP contribution in [0.1, 0.15) is 51.0 Å². The van der Waals surface area contributed by atoms with Gasteiger partial charge in [-0.2, -0.15) is 0 Å². The molecule has 1 unspecified atom stereocenters. The Morgan fingerprint density at radius 3 is 2.76 bits per heavy atom. The normalized spacial score (nSPS) is 19.1. The Hall–Kier alpha value is -1.10. The highest BCUT2D eigenvalue weighted by Crippen LogP contribution is 2.51. The first-order valence-electron chi connectivity index (χ1n) is 11.2. The average Bonchev–Trinajstić information content (AvgIpc) is 2.75. The molecule has 4 rings (SSSR count). The highest BCUT2D eigenvalue weighted by atomic mass is 32.2. The lowest BCUT2D eigenvalue weighted by atomic mass is 9.99. The lowest BCUT2D eigenvalue weighted by molar-refractivity contribution is 0.178. The zero-order valence-electron chi connectivity index (χ0n) is 18.1. The van der Waals surface area contributed by atoms with E-state index in [1.807, 2.05) is 23.5 Å². The van der Waals surface area contributed by atoms with Gasteiger partial charge in [-0.05, 0) is 81.8 Å². The molecule has 1 fully saturated rings. The highest BCUT2D eigenvalue weighted by Gasteiger charge is 2.28. The Balaban J connectivity index is 1.71. The molecule has 4 heteroatoms. The minimum Gasteiger partial charge on any atom is -0.339 e. The highest BCUT2D eigenvalue weighted by molar-refractivity contribution is 8.00. The number of hydrogen-bond donors (Lipinski definition) is 0. The van der Waals surface area contributed by atoms with Crippen molar-refractivity contribution in [1.29, 1.82) is 0 Å². The first-order valence-corrected chi connectivity index (χ1v) is 13.2. The van der Waals surface area contributed by atoms with Gasteiger partial charge in [-0.25, -0.2) is 0 Å². The molecule has 0 amide bonds. The van der Waals surface area contributed by atoms with Gasteiger partial charge < -0.3 is 9.80 Å². The third-order valence-corrected chi connectivity index (χ3v) is 8.39. The van der Waals surface area contributed by atoms with E-state index in [4.69, 9.17) is 0 Å². The van der Waals surface area contributed by atoms with Crippen molar-refractivity contribution in [3.8, 4) is 0 Å². The van der Waals surface area contributed by atoms with Crippen LogP contribution < -0.4 is 4.90 Å². The topological polar surface area (TPSA) is 6.48 Å². The van der Waals surface area contributed by atoms with Crippen molar-refractivity contribution in [2.75, 3.05) is 31.3 Å². The molecule has 0 aromatic heterocycles. The molecule has 0 spiro atoms. The van der Waals surface area contributed by atoms with Gasteiger partial charge in [-0.15, -0.1) is 11.8 Å². The number of rotatable bonds is 7. The van der Waals surface area contributed by atoms with E-state index in [0.717, 1.165) is 12.6 Å². The summed E-state index contributed by atoms with van der Waals surface area (Å²) >= 11 is 3.86. The Bertz CT molecular complexity index is 836. The van der Waals surface area contributed by atoms with Gasteiger partial charge in [-0.1, -0.05) is 43.7 Å². The molecular weight excluding hydrogens is 392 g/mol. The van der Waals surface area contributed by atoms with E-state index in [-0.39, 0.29) is 0 Å². The zero-order valence-corrected chi connectivity index (χ0v) is 19.7. The summed E-state index contributed by atoms with van der Waals surface area (Å²) in [6, 6.07) is 14.4. The van der Waals surface area contributed by atoms with Crippen LogP contribution >= 0.6 is 23.5 Å². The van der Waals surface area contributed by atoms with Crippen LogP contribution in [0.2, 0.25) is 0 Å². The van der Waals surface area contributed by atoms with Crippen molar-refractivity contribution in [3.63, 3.8) is 0 Å². The summed E-state index contributed by atoms with van der Waals surface area (Å²) in [4.78, 5) is 9.54. The fraction of sp³-hybridized carbons (Fsp3) is 0.520. The predicted octanol–water partition coefficient (Wildman–Crippen LogP) is 7.23. The van der Waals surface area contributed by atoms with Gasteiger partial charge in [-0.3, -0.25) is 0 Å². The van der Waals surface area contributed by atoms with Crippen molar-refractivity contribution in [2.45, 2.75) is 72.6 Å². The third-order valence-electron chi connectivity index (χ3n) is 6.46. The SMILES string of the molecule is CCCCc1c(SC)ccc2c1N(CCC1CCCCN1C)c1ccccc1S2. The van der Waals surface area contributed by atoms with E-state index in [1.54, 1.807) is 5.56 Å². The van der Waals surface area contributed by atoms with Gasteiger partial charge in [0.05, 0.1) is 11.4 Å². The summed E-state index contributed by atoms with van der Waals surface area (Å²) in [5, 5.41) is 0. The standard InChI is InChI=1S/C25H34N2S2/c1-4-5-11-20-22(28-3)14-15-24-25(20)27(21-12-6-7-13-23(21)29-24)18-16-19-10-8-9-17-26(19)2/h6-7,12-15,19H,4-5,8-11,16-18H2,1-3H3. The van der Waals surface area contributed by atoms with E-state index >= 15 is 0 Å². The third kappa shape index (κ3) is 4.50. The first-order chi connectivity index (χ1) is 14.2. The molecule has 0 bridgehead atoms. The number of fused-ring (bicyclic) bond motifs is 2. The van der Waals surface area contributed by atoms with Crippen LogP contribution in [0.15, 0.2) is 51.1 Å². The lowest BCUT2D eigenvalue weighted by Gasteiger charge is -2.38. The van der Waals surface area contributed by atoms with E-state index in [0.29, 0.717) is 0 Å². The zero-order chi connectivity index (χ0) is 20.2. The minimum atomic E-state index is 0.719. The monoisotopic (exact) mass is 426 g/mol. The van der Waals surface area contributed by atoms with Crippen LogP contribution in [0.25, 0.3) is 0 Å². The maximum atomic E-state index is 2.66. The fourth-order valence-corrected chi connectivity index (χ4v) is 6.57. The van der Waals surface area contributed by atoms with Crippen LogP contribution in [0.3, 0.4) is 0 Å². The van der Waals surface area contributed by atoms with Gasteiger partial charge in [0, 0.05) is 27.3 Å². The summed E-state index contributed by atoms with van der Waals surface area (Å²) in [5.41, 5.74) is 4.46. The van der Waals surface area contributed by atoms with Crippen LogP contribution in [-0.4, -0.2) is 37.3 Å². The smallest absolute Gasteiger partial charge is 0.0596 e. The summed E-state index contributed by atoms with van der Waals surface area (Å²) in [7, 11) is 2.32. The molecule has 1 atom stereocenters. The molecule has 2 aliphatic rings. The molecule has 2 aromatic rings. The Labute approximate surface area is 185 Å². The van der Waals surface area contributed by atoms with Crippen molar-refractivity contribution in [3.05, 3.63) is 42.0 Å². The maximum absolute atomic E-state index is 2.66. The molecule has 0 N–H and O–H groups in total. The Morgan fingerprint density at radius 1 is 1.10 bits per heavy atom. The number of likely N-dealkylation sites (tertiary alicyclic amines) is 1. The molecule has 2 aliphatic heterocycles. The van der Waals surface area contributed by atoms with Crippen LogP contribution in [0.4, 0.5) is 11.4 Å². The molecule has 0 aliphatic carbocycles. The molecule has 29 heavy (non-hydrogen) atoms. The number of nitrogens with zero attached hydrogens (tertiary/aromatic N) is 2. The van der Waals surface area contributed by atoms with Gasteiger partial charge in [0.2, 0.25) is 0 Å². The number of para-hydroxylation sites is 1. The summed E-state index contributed by atoms with van der Waals surface area (Å²) < 4.78 is 0. The molecular formula is C25H34N2S2. The van der Waals surface area contributed by atoms with E-state index in [2.05, 4.69) is 66.4 Å². The van der Waals surface area contributed by atoms with Crippen molar-refractivity contribution in [1.82, 2.24) is 4.90 Å². The second-order valence-electron chi connectivity index (χ2n) is 8.34. The molecule has 156 valence electrons. The number of thioether (sulfide) groups is 1. The lowest BCUT2D eigenvalue weighted by Crippen LogP contribution is -2.38. The van der Waals surface area contributed by atoms with Gasteiger partial charge >= 0.3 is 0 Å². The van der Waals surface area contributed by atoms with Crippen molar-refractivity contribution < 1.29 is 0 Å². The van der Waals surface area contributed by atoms with Gasteiger partial charge in [0.25, 0.3) is 0 Å².